The monoisotopic (exact) mass is 432 g/mol. The summed E-state index contributed by atoms with van der Waals surface area (Å²) in [6, 6.07) is 18.5. The molecule has 2 heterocycles. The summed E-state index contributed by atoms with van der Waals surface area (Å²) in [6.07, 6.45) is 4.09. The predicted molar refractivity (Wildman–Crippen MR) is 127 cm³/mol. The van der Waals surface area contributed by atoms with Crippen LogP contribution in [-0.2, 0) is 10.2 Å². The van der Waals surface area contributed by atoms with Crippen LogP contribution >= 0.6 is 11.6 Å². The summed E-state index contributed by atoms with van der Waals surface area (Å²) in [6.45, 7) is 7.79. The van der Waals surface area contributed by atoms with Gasteiger partial charge < -0.3 is 5.32 Å². The fraction of sp³-hybridized carbons (Fsp3) is 0.333. The Hall–Kier alpha value is -2.49. The first-order valence-electron chi connectivity index (χ1n) is 10.9. The minimum atomic E-state index is -0.908. The van der Waals surface area contributed by atoms with E-state index in [0.29, 0.717) is 10.9 Å². The lowest BCUT2D eigenvalue weighted by atomic mass is 9.65. The number of Topliss-reactive ketones (excluding diaryl/α,β-unsaturated/α-hetero) is 1. The number of nitrogens with one attached hydrogen (secondary N) is 1. The van der Waals surface area contributed by atoms with Crippen LogP contribution in [0.15, 0.2) is 60.8 Å². The molecule has 1 fully saturated rings. The SMILES string of the molecule is CC(=O)[C@](c1ccc(C2CCNCC2)cc1)(c1ccnc(C)c1)c1ccc(Cl)cc1C. The second kappa shape index (κ2) is 8.94. The van der Waals surface area contributed by atoms with Gasteiger partial charge in [-0.1, -0.05) is 41.9 Å². The van der Waals surface area contributed by atoms with Crippen molar-refractivity contribution in [3.05, 3.63) is 99.3 Å². The Balaban J connectivity index is 1.92. The van der Waals surface area contributed by atoms with Crippen LogP contribution in [0.25, 0.3) is 0 Å². The Morgan fingerprint density at radius 3 is 2.32 bits per heavy atom. The number of rotatable bonds is 5. The zero-order chi connectivity index (χ0) is 22.0. The van der Waals surface area contributed by atoms with E-state index in [4.69, 9.17) is 11.6 Å². The molecule has 0 aliphatic carbocycles. The maximum atomic E-state index is 13.5. The molecular formula is C27H29ClN2O. The van der Waals surface area contributed by atoms with Crippen LogP contribution in [0, 0.1) is 13.8 Å². The number of pyridine rings is 1. The first-order valence-corrected chi connectivity index (χ1v) is 11.3. The molecule has 0 bridgehead atoms. The third kappa shape index (κ3) is 4.05. The fourth-order valence-electron chi connectivity index (χ4n) is 5.06. The smallest absolute Gasteiger partial charge is 0.149 e. The van der Waals surface area contributed by atoms with Gasteiger partial charge in [-0.05, 0) is 105 Å². The Morgan fingerprint density at radius 1 is 1.00 bits per heavy atom. The Bertz CT molecular complexity index is 1090. The number of ketones is 1. The van der Waals surface area contributed by atoms with Gasteiger partial charge in [0.1, 0.15) is 11.2 Å². The lowest BCUT2D eigenvalue weighted by Crippen LogP contribution is -2.38. The molecule has 3 nitrogen and oxygen atoms in total. The van der Waals surface area contributed by atoms with Gasteiger partial charge in [-0.3, -0.25) is 9.78 Å². The van der Waals surface area contributed by atoms with E-state index in [-0.39, 0.29) is 5.78 Å². The number of halogens is 1. The molecule has 2 aromatic carbocycles. The second-order valence-electron chi connectivity index (χ2n) is 8.60. The average molecular weight is 433 g/mol. The van der Waals surface area contributed by atoms with Crippen LogP contribution in [0.4, 0.5) is 0 Å². The summed E-state index contributed by atoms with van der Waals surface area (Å²) < 4.78 is 0. The molecule has 4 rings (SSSR count). The third-order valence-electron chi connectivity index (χ3n) is 6.60. The van der Waals surface area contributed by atoms with Crippen LogP contribution in [0.2, 0.25) is 5.02 Å². The van der Waals surface area contributed by atoms with Gasteiger partial charge in [0.15, 0.2) is 0 Å². The van der Waals surface area contributed by atoms with Crippen molar-refractivity contribution in [1.29, 1.82) is 0 Å². The molecule has 0 radical (unpaired) electrons. The number of hydrogen-bond acceptors (Lipinski definition) is 3. The summed E-state index contributed by atoms with van der Waals surface area (Å²) in [5.41, 5.74) is 5.21. The third-order valence-corrected chi connectivity index (χ3v) is 6.84. The summed E-state index contributed by atoms with van der Waals surface area (Å²) in [4.78, 5) is 17.9. The molecule has 1 aliphatic heterocycles. The van der Waals surface area contributed by atoms with Gasteiger partial charge in [-0.25, -0.2) is 0 Å². The molecule has 1 N–H and O–H groups in total. The van der Waals surface area contributed by atoms with Crippen molar-refractivity contribution >= 4 is 17.4 Å². The predicted octanol–water partition coefficient (Wildman–Crippen LogP) is 5.74. The minimum Gasteiger partial charge on any atom is -0.317 e. The summed E-state index contributed by atoms with van der Waals surface area (Å²) in [5, 5.41) is 4.10. The van der Waals surface area contributed by atoms with E-state index in [1.165, 1.54) is 5.56 Å². The molecule has 1 atom stereocenters. The quantitative estimate of drug-likeness (QED) is 0.558. The second-order valence-corrected chi connectivity index (χ2v) is 9.03. The molecule has 0 saturated carbocycles. The molecule has 1 aromatic heterocycles. The van der Waals surface area contributed by atoms with Gasteiger partial charge in [0, 0.05) is 16.9 Å². The van der Waals surface area contributed by atoms with E-state index in [0.717, 1.165) is 53.9 Å². The molecule has 0 amide bonds. The maximum Gasteiger partial charge on any atom is 0.149 e. The van der Waals surface area contributed by atoms with E-state index in [9.17, 15) is 4.79 Å². The van der Waals surface area contributed by atoms with Gasteiger partial charge >= 0.3 is 0 Å². The normalized spacial score (nSPS) is 16.6. The van der Waals surface area contributed by atoms with E-state index in [2.05, 4.69) is 34.6 Å². The maximum absolute atomic E-state index is 13.5. The number of piperidine rings is 1. The van der Waals surface area contributed by atoms with Crippen LogP contribution in [0.5, 0.6) is 0 Å². The highest BCUT2D eigenvalue weighted by molar-refractivity contribution is 6.30. The number of aromatic nitrogens is 1. The van der Waals surface area contributed by atoms with Crippen molar-refractivity contribution in [3.63, 3.8) is 0 Å². The topological polar surface area (TPSA) is 42.0 Å². The molecule has 31 heavy (non-hydrogen) atoms. The van der Waals surface area contributed by atoms with Crippen molar-refractivity contribution in [2.45, 2.75) is 44.9 Å². The first-order chi connectivity index (χ1) is 14.9. The van der Waals surface area contributed by atoms with Crippen LogP contribution in [-0.4, -0.2) is 23.9 Å². The fourth-order valence-corrected chi connectivity index (χ4v) is 5.29. The van der Waals surface area contributed by atoms with Gasteiger partial charge in [0.2, 0.25) is 0 Å². The van der Waals surface area contributed by atoms with E-state index in [1.54, 1.807) is 13.1 Å². The molecule has 0 unspecified atom stereocenters. The van der Waals surface area contributed by atoms with Crippen LogP contribution in [0.1, 0.15) is 59.2 Å². The van der Waals surface area contributed by atoms with Crippen molar-refractivity contribution in [3.8, 4) is 0 Å². The van der Waals surface area contributed by atoms with Crippen molar-refractivity contribution in [1.82, 2.24) is 10.3 Å². The number of aryl methyl sites for hydroxylation is 2. The molecular weight excluding hydrogens is 404 g/mol. The largest absolute Gasteiger partial charge is 0.317 e. The lowest BCUT2D eigenvalue weighted by Gasteiger charge is -2.35. The standard InChI is InChI=1S/C27H29ClN2O/c1-18-16-25(28)8-9-26(18)27(20(3)31,24-12-15-30-19(2)17-24)23-6-4-21(5-7-23)22-10-13-29-14-11-22/h4-9,12,15-17,22,29H,10-11,13-14H2,1-3H3/t27-/m0/s1. The van der Waals surface area contributed by atoms with Crippen molar-refractivity contribution < 1.29 is 4.79 Å². The highest BCUT2D eigenvalue weighted by Crippen LogP contribution is 2.43. The molecule has 4 heteroatoms. The van der Waals surface area contributed by atoms with Gasteiger partial charge in [0.25, 0.3) is 0 Å². The number of carbonyl (C=O) groups excluding carboxylic acids is 1. The zero-order valence-electron chi connectivity index (χ0n) is 18.4. The lowest BCUT2D eigenvalue weighted by molar-refractivity contribution is -0.119. The van der Waals surface area contributed by atoms with Gasteiger partial charge in [0.05, 0.1) is 0 Å². The Labute approximate surface area is 189 Å². The minimum absolute atomic E-state index is 0.0816. The number of nitrogens with zero attached hydrogens (tertiary/aromatic N) is 1. The first kappa shape index (κ1) is 21.7. The van der Waals surface area contributed by atoms with Gasteiger partial charge in [-0.15, -0.1) is 0 Å². The number of carbonyl (C=O) groups is 1. The van der Waals surface area contributed by atoms with Crippen molar-refractivity contribution in [2.75, 3.05) is 13.1 Å². The van der Waals surface area contributed by atoms with E-state index >= 15 is 0 Å². The summed E-state index contributed by atoms with van der Waals surface area (Å²) in [7, 11) is 0. The molecule has 1 aliphatic rings. The van der Waals surface area contributed by atoms with E-state index < -0.39 is 5.41 Å². The number of benzene rings is 2. The highest BCUT2D eigenvalue weighted by atomic mass is 35.5. The molecule has 3 aromatic rings. The van der Waals surface area contributed by atoms with Crippen LogP contribution < -0.4 is 5.32 Å². The summed E-state index contributed by atoms with van der Waals surface area (Å²) in [5.74, 6) is 0.653. The van der Waals surface area contributed by atoms with E-state index in [1.807, 2.05) is 44.2 Å². The highest BCUT2D eigenvalue weighted by Gasteiger charge is 2.42. The summed E-state index contributed by atoms with van der Waals surface area (Å²) >= 11 is 6.27. The molecule has 160 valence electrons. The zero-order valence-corrected chi connectivity index (χ0v) is 19.2. The molecule has 0 spiro atoms. The van der Waals surface area contributed by atoms with Gasteiger partial charge in [-0.2, -0.15) is 0 Å². The van der Waals surface area contributed by atoms with Crippen LogP contribution in [0.3, 0.4) is 0 Å². The number of hydrogen-bond donors (Lipinski definition) is 1. The Morgan fingerprint density at radius 2 is 1.71 bits per heavy atom. The van der Waals surface area contributed by atoms with Crippen molar-refractivity contribution in [2.24, 2.45) is 0 Å². The Kier molecular flexibility index (Phi) is 6.27. The average Bonchev–Trinajstić information content (AvgIpc) is 2.76. The molecule has 1 saturated heterocycles.